The minimum Gasteiger partial charge on any atom is -0.480 e. The lowest BCUT2D eigenvalue weighted by molar-refractivity contribution is -0.156. The van der Waals surface area contributed by atoms with Gasteiger partial charge in [-0.05, 0) is 57.2 Å². The number of ether oxygens (including phenoxy) is 2. The SMILES string of the molecule is C[C@H](OC(=O)COc1ccc(Cl)cc1Cl)C(=O)NCCC1=CCCCC1. The Morgan fingerprint density at radius 2 is 2.08 bits per heavy atom. The third kappa shape index (κ3) is 6.89. The molecule has 1 aromatic carbocycles. The predicted molar refractivity (Wildman–Crippen MR) is 102 cm³/mol. The lowest BCUT2D eigenvalue weighted by Gasteiger charge is -2.16. The van der Waals surface area contributed by atoms with E-state index in [9.17, 15) is 9.59 Å². The van der Waals surface area contributed by atoms with Gasteiger partial charge in [0.05, 0.1) is 5.02 Å². The van der Waals surface area contributed by atoms with Gasteiger partial charge < -0.3 is 14.8 Å². The van der Waals surface area contributed by atoms with Crippen LogP contribution in [0, 0.1) is 0 Å². The van der Waals surface area contributed by atoms with Crippen molar-refractivity contribution in [1.82, 2.24) is 5.32 Å². The molecule has 0 heterocycles. The molecule has 5 nitrogen and oxygen atoms in total. The van der Waals surface area contributed by atoms with Crippen molar-refractivity contribution in [2.24, 2.45) is 0 Å². The fourth-order valence-electron chi connectivity index (χ4n) is 2.64. The van der Waals surface area contributed by atoms with E-state index in [4.69, 9.17) is 32.7 Å². The lowest BCUT2D eigenvalue weighted by Crippen LogP contribution is -2.37. The molecule has 0 saturated heterocycles. The third-order valence-electron chi connectivity index (χ3n) is 4.05. The molecule has 0 aliphatic heterocycles. The molecule has 1 aromatic rings. The number of carbonyl (C=O) groups excluding carboxylic acids is 2. The summed E-state index contributed by atoms with van der Waals surface area (Å²) in [7, 11) is 0. The van der Waals surface area contributed by atoms with Crippen molar-refractivity contribution in [3.63, 3.8) is 0 Å². The van der Waals surface area contributed by atoms with Gasteiger partial charge in [0.1, 0.15) is 5.75 Å². The molecule has 0 unspecified atom stereocenters. The number of nitrogens with one attached hydrogen (secondary N) is 1. The van der Waals surface area contributed by atoms with Gasteiger partial charge >= 0.3 is 5.97 Å². The van der Waals surface area contributed by atoms with E-state index < -0.39 is 12.1 Å². The third-order valence-corrected chi connectivity index (χ3v) is 4.58. The van der Waals surface area contributed by atoms with Crippen molar-refractivity contribution < 1.29 is 19.1 Å². The van der Waals surface area contributed by atoms with Crippen LogP contribution in [-0.2, 0) is 14.3 Å². The second-order valence-corrected chi connectivity index (χ2v) is 6.99. The predicted octanol–water partition coefficient (Wildman–Crippen LogP) is 4.31. The maximum absolute atomic E-state index is 12.0. The number of hydrogen-bond donors (Lipinski definition) is 1. The van der Waals surface area contributed by atoms with Gasteiger partial charge in [-0.25, -0.2) is 4.79 Å². The number of esters is 1. The van der Waals surface area contributed by atoms with Crippen LogP contribution in [0.1, 0.15) is 39.0 Å². The lowest BCUT2D eigenvalue weighted by atomic mass is 9.97. The minimum atomic E-state index is -0.882. The van der Waals surface area contributed by atoms with E-state index in [1.54, 1.807) is 12.1 Å². The number of halogens is 2. The molecular formula is C19H23Cl2NO4. The van der Waals surface area contributed by atoms with E-state index in [2.05, 4.69) is 11.4 Å². The molecule has 26 heavy (non-hydrogen) atoms. The number of allylic oxidation sites excluding steroid dienone is 1. The van der Waals surface area contributed by atoms with Gasteiger partial charge in [0.25, 0.3) is 5.91 Å². The number of rotatable bonds is 8. The van der Waals surface area contributed by atoms with Gasteiger partial charge in [0, 0.05) is 11.6 Å². The molecule has 7 heteroatoms. The van der Waals surface area contributed by atoms with Crippen LogP contribution in [0.3, 0.4) is 0 Å². The summed E-state index contributed by atoms with van der Waals surface area (Å²) in [6.07, 6.45) is 6.88. The fourth-order valence-corrected chi connectivity index (χ4v) is 3.10. The number of benzene rings is 1. The van der Waals surface area contributed by atoms with Crippen molar-refractivity contribution in [3.8, 4) is 5.75 Å². The van der Waals surface area contributed by atoms with E-state index in [1.165, 1.54) is 31.4 Å². The summed E-state index contributed by atoms with van der Waals surface area (Å²) in [6.45, 7) is 1.73. The van der Waals surface area contributed by atoms with Gasteiger partial charge in [-0.1, -0.05) is 34.9 Å². The van der Waals surface area contributed by atoms with Crippen molar-refractivity contribution >= 4 is 35.1 Å². The van der Waals surface area contributed by atoms with Gasteiger partial charge in [-0.15, -0.1) is 0 Å². The molecule has 1 atom stereocenters. The van der Waals surface area contributed by atoms with Crippen LogP contribution in [0.5, 0.6) is 5.75 Å². The maximum atomic E-state index is 12.0. The van der Waals surface area contributed by atoms with Crippen LogP contribution < -0.4 is 10.1 Å². The molecule has 1 amide bonds. The summed E-state index contributed by atoms with van der Waals surface area (Å²) >= 11 is 11.8. The average Bonchev–Trinajstić information content (AvgIpc) is 2.61. The van der Waals surface area contributed by atoms with E-state index in [0.717, 1.165) is 19.3 Å². The van der Waals surface area contributed by atoms with Crippen LogP contribution in [0.4, 0.5) is 0 Å². The van der Waals surface area contributed by atoms with Crippen molar-refractivity contribution in [3.05, 3.63) is 39.9 Å². The van der Waals surface area contributed by atoms with Crippen LogP contribution >= 0.6 is 23.2 Å². The highest BCUT2D eigenvalue weighted by atomic mass is 35.5. The first-order valence-electron chi connectivity index (χ1n) is 8.68. The smallest absolute Gasteiger partial charge is 0.344 e. The molecule has 2 rings (SSSR count). The Bertz CT molecular complexity index is 676. The molecule has 0 aromatic heterocycles. The Labute approximate surface area is 163 Å². The molecular weight excluding hydrogens is 377 g/mol. The molecule has 1 aliphatic carbocycles. The van der Waals surface area contributed by atoms with Gasteiger partial charge in [0.2, 0.25) is 0 Å². The second-order valence-electron chi connectivity index (χ2n) is 6.14. The van der Waals surface area contributed by atoms with E-state index in [1.807, 2.05) is 0 Å². The highest BCUT2D eigenvalue weighted by Crippen LogP contribution is 2.27. The Balaban J connectivity index is 1.68. The standard InChI is InChI=1S/C19H23Cl2NO4/c1-13(19(24)22-10-9-14-5-3-2-4-6-14)26-18(23)12-25-17-8-7-15(20)11-16(17)21/h5,7-8,11,13H,2-4,6,9-10,12H2,1H3,(H,22,24)/t13-/m0/s1. The van der Waals surface area contributed by atoms with Gasteiger partial charge in [-0.2, -0.15) is 0 Å². The quantitative estimate of drug-likeness (QED) is 0.522. The second kappa shape index (κ2) is 10.4. The number of hydrogen-bond acceptors (Lipinski definition) is 4. The summed E-state index contributed by atoms with van der Waals surface area (Å²) in [5.41, 5.74) is 1.38. The zero-order valence-electron chi connectivity index (χ0n) is 14.7. The molecule has 0 saturated carbocycles. The van der Waals surface area contributed by atoms with Crippen molar-refractivity contribution in [2.75, 3.05) is 13.2 Å². The molecule has 0 spiro atoms. The summed E-state index contributed by atoms with van der Waals surface area (Å²) in [5.74, 6) is -0.640. The summed E-state index contributed by atoms with van der Waals surface area (Å²) in [4.78, 5) is 23.8. The van der Waals surface area contributed by atoms with Crippen molar-refractivity contribution in [1.29, 1.82) is 0 Å². The molecule has 142 valence electrons. The van der Waals surface area contributed by atoms with Gasteiger partial charge in [-0.3, -0.25) is 4.79 Å². The Kier molecular flexibility index (Phi) is 8.26. The summed E-state index contributed by atoms with van der Waals surface area (Å²) in [5, 5.41) is 3.56. The first-order chi connectivity index (χ1) is 12.5. The van der Waals surface area contributed by atoms with E-state index >= 15 is 0 Å². The first kappa shape index (κ1) is 20.6. The molecule has 1 N–H and O–H groups in total. The number of amides is 1. The minimum absolute atomic E-state index is 0.299. The molecule has 1 aliphatic rings. The number of carbonyl (C=O) groups is 2. The molecule has 0 radical (unpaired) electrons. The topological polar surface area (TPSA) is 64.6 Å². The van der Waals surface area contributed by atoms with Crippen molar-refractivity contribution in [2.45, 2.75) is 45.1 Å². The molecule has 0 bridgehead atoms. The highest BCUT2D eigenvalue weighted by Gasteiger charge is 2.18. The normalized spacial score (nSPS) is 15.0. The molecule has 0 fully saturated rings. The Hall–Kier alpha value is -1.72. The Morgan fingerprint density at radius 3 is 2.77 bits per heavy atom. The first-order valence-corrected chi connectivity index (χ1v) is 9.44. The van der Waals surface area contributed by atoms with Crippen LogP contribution in [0.25, 0.3) is 0 Å². The average molecular weight is 400 g/mol. The Morgan fingerprint density at radius 1 is 1.27 bits per heavy atom. The van der Waals surface area contributed by atoms with E-state index in [-0.39, 0.29) is 12.5 Å². The largest absolute Gasteiger partial charge is 0.480 e. The zero-order chi connectivity index (χ0) is 18.9. The summed E-state index contributed by atoms with van der Waals surface area (Å²) < 4.78 is 10.4. The van der Waals surface area contributed by atoms with Crippen LogP contribution in [-0.4, -0.2) is 31.1 Å². The van der Waals surface area contributed by atoms with Gasteiger partial charge in [0.15, 0.2) is 12.7 Å². The fraction of sp³-hybridized carbons (Fsp3) is 0.474. The van der Waals surface area contributed by atoms with Crippen LogP contribution in [0.15, 0.2) is 29.8 Å². The maximum Gasteiger partial charge on any atom is 0.344 e. The highest BCUT2D eigenvalue weighted by molar-refractivity contribution is 6.35. The van der Waals surface area contributed by atoms with E-state index in [0.29, 0.717) is 22.3 Å². The zero-order valence-corrected chi connectivity index (χ0v) is 16.2. The monoisotopic (exact) mass is 399 g/mol. The summed E-state index contributed by atoms with van der Waals surface area (Å²) in [6, 6.07) is 4.68. The van der Waals surface area contributed by atoms with Crippen LogP contribution in [0.2, 0.25) is 10.0 Å².